The maximum Gasteiger partial charge on any atom is 0.188 e. The molecule has 0 amide bonds. The molecule has 5 rings (SSSR count). The van der Waals surface area contributed by atoms with Crippen molar-refractivity contribution in [2.75, 3.05) is 16.4 Å². The third-order valence-corrected chi connectivity index (χ3v) is 7.12. The van der Waals surface area contributed by atoms with Crippen LogP contribution >= 0.6 is 22.7 Å². The van der Waals surface area contributed by atoms with Gasteiger partial charge in [0.25, 0.3) is 0 Å². The number of benzene rings is 1. The van der Waals surface area contributed by atoms with Crippen molar-refractivity contribution in [1.29, 1.82) is 0 Å². The molecule has 8 heteroatoms. The summed E-state index contributed by atoms with van der Waals surface area (Å²) in [5.74, 6) is 0. The molecule has 0 unspecified atom stereocenters. The summed E-state index contributed by atoms with van der Waals surface area (Å²) < 4.78 is 2.14. The van der Waals surface area contributed by atoms with Crippen LogP contribution in [0.2, 0.25) is 0 Å². The van der Waals surface area contributed by atoms with Crippen LogP contribution in [-0.2, 0) is 0 Å². The number of hydrogen-bond acceptors (Lipinski definition) is 7. The standard InChI is InChI=1S/C24H22N6S2.C2H6/c1-14-7-6-12-30-22(16(3)28-23(14)30)20-13-26-24(32-20)29-21-11-10-19(31-21)15(2)27-18-9-5-4-8-17(18)25;1-2/h4-13,27H,2,25H2,1,3H3,(H,26,29);1-2H3. The van der Waals surface area contributed by atoms with E-state index in [-0.39, 0.29) is 0 Å². The zero-order chi connectivity index (χ0) is 24.2. The smallest absolute Gasteiger partial charge is 0.188 e. The highest BCUT2D eigenvalue weighted by atomic mass is 32.1. The van der Waals surface area contributed by atoms with Crippen molar-refractivity contribution in [3.63, 3.8) is 0 Å². The Morgan fingerprint density at radius 2 is 1.82 bits per heavy atom. The van der Waals surface area contributed by atoms with Gasteiger partial charge in [0.05, 0.1) is 37.5 Å². The maximum absolute atomic E-state index is 6.02. The predicted octanol–water partition coefficient (Wildman–Crippen LogP) is 7.57. The Labute approximate surface area is 207 Å². The summed E-state index contributed by atoms with van der Waals surface area (Å²) in [7, 11) is 0. The van der Waals surface area contributed by atoms with E-state index in [4.69, 9.17) is 10.7 Å². The van der Waals surface area contributed by atoms with Gasteiger partial charge in [-0.15, -0.1) is 11.3 Å². The van der Waals surface area contributed by atoms with E-state index in [0.29, 0.717) is 5.69 Å². The monoisotopic (exact) mass is 488 g/mol. The SMILES string of the molecule is C=C(Nc1ccccc1N)c1ccc(Nc2ncc(-c3c(C)nc4c(C)cccn34)s2)s1.CC. The molecule has 0 aliphatic heterocycles. The molecule has 0 aliphatic rings. The van der Waals surface area contributed by atoms with E-state index >= 15 is 0 Å². The predicted molar refractivity (Wildman–Crippen MR) is 148 cm³/mol. The Kier molecular flexibility index (Phi) is 7.00. The highest BCUT2D eigenvalue weighted by Crippen LogP contribution is 2.36. The first kappa shape index (κ1) is 23.5. The first-order valence-corrected chi connectivity index (χ1v) is 12.7. The Hall–Kier alpha value is -3.62. The van der Waals surface area contributed by atoms with Gasteiger partial charge in [-0.1, -0.05) is 50.0 Å². The lowest BCUT2D eigenvalue weighted by Gasteiger charge is -2.10. The topological polar surface area (TPSA) is 80.3 Å². The van der Waals surface area contributed by atoms with Gasteiger partial charge in [-0.05, 0) is 49.7 Å². The number of fused-ring (bicyclic) bond motifs is 1. The number of nitrogens with one attached hydrogen (secondary N) is 2. The average molecular weight is 489 g/mol. The van der Waals surface area contributed by atoms with E-state index < -0.39 is 0 Å². The summed E-state index contributed by atoms with van der Waals surface area (Å²) in [6.07, 6.45) is 3.95. The number of rotatable bonds is 6. The molecule has 4 N–H and O–H groups in total. The molecule has 1 aromatic carbocycles. The molecular formula is C26H28N6S2. The third-order valence-electron chi connectivity index (χ3n) is 5.14. The Morgan fingerprint density at radius 1 is 1.03 bits per heavy atom. The van der Waals surface area contributed by atoms with E-state index in [2.05, 4.69) is 39.6 Å². The second-order valence-corrected chi connectivity index (χ2v) is 9.55. The van der Waals surface area contributed by atoms with E-state index in [1.807, 2.05) is 75.6 Å². The molecule has 0 aliphatic carbocycles. The van der Waals surface area contributed by atoms with Gasteiger partial charge in [-0.25, -0.2) is 9.97 Å². The van der Waals surface area contributed by atoms with Gasteiger partial charge in [0, 0.05) is 18.1 Å². The molecule has 0 fully saturated rings. The van der Waals surface area contributed by atoms with Crippen molar-refractivity contribution < 1.29 is 0 Å². The van der Waals surface area contributed by atoms with Crippen LogP contribution in [0.4, 0.5) is 21.5 Å². The first-order valence-electron chi connectivity index (χ1n) is 11.1. The summed E-state index contributed by atoms with van der Waals surface area (Å²) in [6, 6.07) is 15.9. The minimum Gasteiger partial charge on any atom is -0.397 e. The minimum absolute atomic E-state index is 0.691. The molecule has 6 nitrogen and oxygen atoms in total. The number of nitrogens with zero attached hydrogens (tertiary/aromatic N) is 3. The fourth-order valence-electron chi connectivity index (χ4n) is 3.56. The molecule has 4 aromatic heterocycles. The molecule has 0 saturated heterocycles. The van der Waals surface area contributed by atoms with Crippen LogP contribution in [0, 0.1) is 13.8 Å². The lowest BCUT2D eigenvalue weighted by atomic mass is 10.2. The van der Waals surface area contributed by atoms with Crippen molar-refractivity contribution in [2.45, 2.75) is 27.7 Å². The van der Waals surface area contributed by atoms with Crippen LogP contribution in [0.25, 0.3) is 21.9 Å². The number of imidazole rings is 1. The molecule has 174 valence electrons. The highest BCUT2D eigenvalue weighted by molar-refractivity contribution is 7.20. The number of thiophene rings is 1. The van der Waals surface area contributed by atoms with E-state index in [9.17, 15) is 0 Å². The van der Waals surface area contributed by atoms with Crippen LogP contribution in [0.3, 0.4) is 0 Å². The van der Waals surface area contributed by atoms with Crippen LogP contribution < -0.4 is 16.4 Å². The quantitative estimate of drug-likeness (QED) is 0.215. The Bertz CT molecular complexity index is 1440. The van der Waals surface area contributed by atoms with Crippen LogP contribution in [-0.4, -0.2) is 14.4 Å². The minimum atomic E-state index is 0.691. The van der Waals surface area contributed by atoms with Crippen LogP contribution in [0.15, 0.2) is 67.5 Å². The lowest BCUT2D eigenvalue weighted by Crippen LogP contribution is -1.99. The lowest BCUT2D eigenvalue weighted by molar-refractivity contribution is 1.17. The van der Waals surface area contributed by atoms with Gasteiger partial charge in [-0.3, -0.25) is 4.40 Å². The van der Waals surface area contributed by atoms with Gasteiger partial charge in [0.15, 0.2) is 5.13 Å². The molecule has 0 bridgehead atoms. The van der Waals surface area contributed by atoms with Crippen LogP contribution in [0.5, 0.6) is 0 Å². The Morgan fingerprint density at radius 3 is 2.62 bits per heavy atom. The molecule has 4 heterocycles. The van der Waals surface area contributed by atoms with Crippen molar-refractivity contribution in [3.8, 4) is 10.6 Å². The summed E-state index contributed by atoms with van der Waals surface area (Å²) in [6.45, 7) is 12.3. The number of hydrogen-bond donors (Lipinski definition) is 3. The van der Waals surface area contributed by atoms with Crippen molar-refractivity contribution in [3.05, 3.63) is 83.6 Å². The van der Waals surface area contributed by atoms with Gasteiger partial charge < -0.3 is 16.4 Å². The fraction of sp³-hybridized carbons (Fsp3) is 0.154. The highest BCUT2D eigenvalue weighted by Gasteiger charge is 2.15. The van der Waals surface area contributed by atoms with Gasteiger partial charge in [0.2, 0.25) is 0 Å². The van der Waals surface area contributed by atoms with Crippen molar-refractivity contribution in [1.82, 2.24) is 14.4 Å². The number of para-hydroxylation sites is 2. The largest absolute Gasteiger partial charge is 0.397 e. The number of thiazole rings is 1. The number of anilines is 4. The molecule has 0 saturated carbocycles. The second-order valence-electron chi connectivity index (χ2n) is 7.44. The number of aromatic nitrogens is 3. The molecule has 0 atom stereocenters. The third kappa shape index (κ3) is 4.69. The van der Waals surface area contributed by atoms with Gasteiger partial charge in [-0.2, -0.15) is 0 Å². The van der Waals surface area contributed by atoms with Crippen molar-refractivity contribution in [2.24, 2.45) is 0 Å². The summed E-state index contributed by atoms with van der Waals surface area (Å²) in [5, 5.41) is 8.54. The zero-order valence-electron chi connectivity index (χ0n) is 19.7. The molecule has 0 radical (unpaired) electrons. The number of pyridine rings is 1. The number of aryl methyl sites for hydroxylation is 2. The van der Waals surface area contributed by atoms with Gasteiger partial charge in [0.1, 0.15) is 5.65 Å². The van der Waals surface area contributed by atoms with E-state index in [1.54, 1.807) is 22.7 Å². The van der Waals surface area contributed by atoms with Crippen LogP contribution in [0.1, 0.15) is 30.0 Å². The van der Waals surface area contributed by atoms with Crippen molar-refractivity contribution >= 4 is 55.5 Å². The second kappa shape index (κ2) is 10.1. The maximum atomic E-state index is 6.02. The Balaban J connectivity index is 0.00000133. The first-order chi connectivity index (χ1) is 16.5. The molecule has 0 spiro atoms. The summed E-state index contributed by atoms with van der Waals surface area (Å²) in [5.41, 5.74) is 12.6. The van der Waals surface area contributed by atoms with E-state index in [0.717, 1.165) is 53.9 Å². The molecular weight excluding hydrogens is 460 g/mol. The zero-order valence-corrected chi connectivity index (χ0v) is 21.3. The molecule has 34 heavy (non-hydrogen) atoms. The van der Waals surface area contributed by atoms with E-state index in [1.165, 1.54) is 0 Å². The number of nitrogens with two attached hydrogens (primary N) is 1. The summed E-state index contributed by atoms with van der Waals surface area (Å²) in [4.78, 5) is 11.4. The normalized spacial score (nSPS) is 10.6. The summed E-state index contributed by atoms with van der Waals surface area (Å²) >= 11 is 3.22. The van der Waals surface area contributed by atoms with Gasteiger partial charge >= 0.3 is 0 Å². The average Bonchev–Trinajstić information content (AvgIpc) is 3.56. The molecule has 5 aromatic rings. The fourth-order valence-corrected chi connectivity index (χ4v) is 5.38. The number of nitrogen functional groups attached to an aromatic ring is 1.